The van der Waals surface area contributed by atoms with E-state index < -0.39 is 12.0 Å². The molecule has 0 saturated carbocycles. The van der Waals surface area contributed by atoms with Gasteiger partial charge in [-0.2, -0.15) is 0 Å². The van der Waals surface area contributed by atoms with Crippen LogP contribution >= 0.6 is 0 Å². The second-order valence-corrected chi connectivity index (χ2v) is 4.96. The topological polar surface area (TPSA) is 55.4 Å². The Hall–Kier alpha value is -2.17. The zero-order chi connectivity index (χ0) is 16.4. The van der Waals surface area contributed by atoms with Crippen LogP contribution in [-0.4, -0.2) is 25.0 Å². The Morgan fingerprint density at radius 1 is 1.41 bits per heavy atom. The lowest BCUT2D eigenvalue weighted by Gasteiger charge is -2.15. The van der Waals surface area contributed by atoms with Crippen LogP contribution in [0.2, 0.25) is 0 Å². The van der Waals surface area contributed by atoms with Crippen molar-refractivity contribution in [1.82, 2.24) is 5.32 Å². The molecule has 0 aliphatic rings. The molecule has 0 fully saturated rings. The summed E-state index contributed by atoms with van der Waals surface area (Å²) in [5, 5.41) is 2.59. The maximum atomic E-state index is 13.2. The van der Waals surface area contributed by atoms with E-state index >= 15 is 0 Å². The van der Waals surface area contributed by atoms with E-state index in [1.165, 1.54) is 25.3 Å². The molecule has 0 saturated heterocycles. The summed E-state index contributed by atoms with van der Waals surface area (Å²) in [5.41, 5.74) is 0.616. The number of methoxy groups -OCH3 is 1. The van der Waals surface area contributed by atoms with E-state index in [2.05, 4.69) is 17.0 Å². The first-order chi connectivity index (χ1) is 10.6. The molecule has 1 rings (SSSR count). The first-order valence-electron chi connectivity index (χ1n) is 7.36. The van der Waals surface area contributed by atoms with Gasteiger partial charge in [-0.05, 0) is 30.2 Å². The highest BCUT2D eigenvalue weighted by Crippen LogP contribution is 2.07. The van der Waals surface area contributed by atoms with Crippen LogP contribution in [0.4, 0.5) is 4.39 Å². The van der Waals surface area contributed by atoms with Gasteiger partial charge in [-0.25, -0.2) is 9.18 Å². The third-order valence-corrected chi connectivity index (χ3v) is 3.12. The number of benzene rings is 1. The van der Waals surface area contributed by atoms with Crippen molar-refractivity contribution < 1.29 is 18.7 Å². The van der Waals surface area contributed by atoms with Crippen LogP contribution in [0.25, 0.3) is 0 Å². The number of halogens is 1. The van der Waals surface area contributed by atoms with E-state index in [0.717, 1.165) is 19.3 Å². The quantitative estimate of drug-likeness (QED) is 0.456. The molecule has 1 atom stereocenters. The lowest BCUT2D eigenvalue weighted by atomic mass is 10.1. The summed E-state index contributed by atoms with van der Waals surface area (Å²) in [5.74, 6) is -1.30. The predicted octanol–water partition coefficient (Wildman–Crippen LogP) is 2.77. The predicted molar refractivity (Wildman–Crippen MR) is 82.7 cm³/mol. The van der Waals surface area contributed by atoms with Gasteiger partial charge in [0.1, 0.15) is 11.9 Å². The number of rotatable bonds is 8. The number of esters is 1. The maximum absolute atomic E-state index is 13.2. The summed E-state index contributed by atoms with van der Waals surface area (Å²) >= 11 is 0. The number of ether oxygens (including phenoxy) is 1. The SMILES string of the molecule is CCCCC=CC(=O)N[C@@H](Cc1cccc(F)c1)C(=O)OC. The van der Waals surface area contributed by atoms with Gasteiger partial charge in [0.05, 0.1) is 7.11 Å². The van der Waals surface area contributed by atoms with E-state index in [-0.39, 0.29) is 18.1 Å². The molecule has 1 amide bonds. The normalized spacial score (nSPS) is 12.1. The van der Waals surface area contributed by atoms with Crippen molar-refractivity contribution in [2.75, 3.05) is 7.11 Å². The van der Waals surface area contributed by atoms with Gasteiger partial charge in [0, 0.05) is 6.42 Å². The Kier molecular flexibility index (Phi) is 7.89. The fraction of sp³-hybridized carbons (Fsp3) is 0.412. The molecule has 22 heavy (non-hydrogen) atoms. The second-order valence-electron chi connectivity index (χ2n) is 4.96. The number of allylic oxidation sites excluding steroid dienone is 1. The van der Waals surface area contributed by atoms with Crippen LogP contribution in [0.5, 0.6) is 0 Å². The summed E-state index contributed by atoms with van der Waals surface area (Å²) in [4.78, 5) is 23.6. The number of hydrogen-bond acceptors (Lipinski definition) is 3. The molecule has 0 bridgehead atoms. The molecule has 120 valence electrons. The summed E-state index contributed by atoms with van der Waals surface area (Å²) < 4.78 is 17.9. The Bertz CT molecular complexity index is 528. The molecule has 5 heteroatoms. The smallest absolute Gasteiger partial charge is 0.328 e. The molecule has 0 aliphatic carbocycles. The minimum Gasteiger partial charge on any atom is -0.467 e. The molecule has 0 spiro atoms. The monoisotopic (exact) mass is 307 g/mol. The Labute approximate surface area is 130 Å². The van der Waals surface area contributed by atoms with Crippen molar-refractivity contribution >= 4 is 11.9 Å². The molecule has 1 aromatic rings. The van der Waals surface area contributed by atoms with Crippen molar-refractivity contribution in [3.8, 4) is 0 Å². The summed E-state index contributed by atoms with van der Waals surface area (Å²) in [7, 11) is 1.25. The molecule has 1 N–H and O–H groups in total. The van der Waals surface area contributed by atoms with E-state index in [0.29, 0.717) is 5.56 Å². The fourth-order valence-electron chi connectivity index (χ4n) is 1.97. The molecule has 0 unspecified atom stereocenters. The molecule has 1 aromatic carbocycles. The van der Waals surface area contributed by atoms with Gasteiger partial charge in [-0.3, -0.25) is 4.79 Å². The largest absolute Gasteiger partial charge is 0.467 e. The first kappa shape index (κ1) is 17.9. The van der Waals surface area contributed by atoms with Crippen molar-refractivity contribution in [1.29, 1.82) is 0 Å². The van der Waals surface area contributed by atoms with Crippen molar-refractivity contribution in [3.63, 3.8) is 0 Å². The van der Waals surface area contributed by atoms with Crippen LogP contribution in [0, 0.1) is 5.82 Å². The van der Waals surface area contributed by atoms with Crippen molar-refractivity contribution in [3.05, 3.63) is 47.8 Å². The second kappa shape index (κ2) is 9.71. The fourth-order valence-corrected chi connectivity index (χ4v) is 1.97. The van der Waals surface area contributed by atoms with Crippen LogP contribution in [0.3, 0.4) is 0 Å². The molecule has 0 aliphatic heterocycles. The number of unbranched alkanes of at least 4 members (excludes halogenated alkanes) is 2. The zero-order valence-corrected chi connectivity index (χ0v) is 13.0. The zero-order valence-electron chi connectivity index (χ0n) is 13.0. The van der Waals surface area contributed by atoms with Crippen LogP contribution in [0.15, 0.2) is 36.4 Å². The van der Waals surface area contributed by atoms with E-state index in [1.807, 2.05) is 0 Å². The van der Waals surface area contributed by atoms with Crippen molar-refractivity contribution in [2.24, 2.45) is 0 Å². The highest BCUT2D eigenvalue weighted by molar-refractivity contribution is 5.91. The average Bonchev–Trinajstić information content (AvgIpc) is 2.50. The van der Waals surface area contributed by atoms with Gasteiger partial charge in [0.15, 0.2) is 0 Å². The Morgan fingerprint density at radius 2 is 2.18 bits per heavy atom. The highest BCUT2D eigenvalue weighted by Gasteiger charge is 2.21. The average molecular weight is 307 g/mol. The summed E-state index contributed by atoms with van der Waals surface area (Å²) in [6.45, 7) is 2.07. The highest BCUT2D eigenvalue weighted by atomic mass is 19.1. The lowest BCUT2D eigenvalue weighted by molar-refractivity contribution is -0.144. The van der Waals surface area contributed by atoms with Gasteiger partial charge in [-0.15, -0.1) is 0 Å². The first-order valence-corrected chi connectivity index (χ1v) is 7.36. The maximum Gasteiger partial charge on any atom is 0.328 e. The number of amides is 1. The number of hydrogen-bond donors (Lipinski definition) is 1. The minimum absolute atomic E-state index is 0.180. The van der Waals surface area contributed by atoms with Gasteiger partial charge in [0.25, 0.3) is 0 Å². The molecular formula is C17H22FNO3. The number of carbonyl (C=O) groups is 2. The molecule has 0 radical (unpaired) electrons. The molecule has 4 nitrogen and oxygen atoms in total. The van der Waals surface area contributed by atoms with E-state index in [9.17, 15) is 14.0 Å². The Balaban J connectivity index is 2.67. The number of nitrogens with one attached hydrogen (secondary N) is 1. The molecule has 0 heterocycles. The lowest BCUT2D eigenvalue weighted by Crippen LogP contribution is -2.42. The van der Waals surface area contributed by atoms with Gasteiger partial charge in [-0.1, -0.05) is 38.0 Å². The van der Waals surface area contributed by atoms with E-state index in [1.54, 1.807) is 18.2 Å². The Morgan fingerprint density at radius 3 is 2.82 bits per heavy atom. The third-order valence-electron chi connectivity index (χ3n) is 3.12. The van der Waals surface area contributed by atoms with Crippen LogP contribution in [-0.2, 0) is 20.7 Å². The standard InChI is InChI=1S/C17H22FNO3/c1-3-4-5-6-10-16(20)19-15(17(21)22-2)12-13-8-7-9-14(18)11-13/h6-11,15H,3-5,12H2,1-2H3,(H,19,20)/t15-/m0/s1. The van der Waals surface area contributed by atoms with Crippen LogP contribution in [0.1, 0.15) is 31.7 Å². The third kappa shape index (κ3) is 6.52. The van der Waals surface area contributed by atoms with Gasteiger partial charge in [0.2, 0.25) is 5.91 Å². The van der Waals surface area contributed by atoms with Gasteiger partial charge < -0.3 is 10.1 Å². The molecular weight excluding hydrogens is 285 g/mol. The molecule has 0 aromatic heterocycles. The number of carbonyl (C=O) groups excluding carboxylic acids is 2. The summed E-state index contributed by atoms with van der Waals surface area (Å²) in [6.07, 6.45) is 6.24. The minimum atomic E-state index is -0.838. The van der Waals surface area contributed by atoms with E-state index in [4.69, 9.17) is 0 Å². The van der Waals surface area contributed by atoms with Crippen molar-refractivity contribution in [2.45, 2.75) is 38.6 Å². The van der Waals surface area contributed by atoms with Crippen LogP contribution < -0.4 is 5.32 Å². The van der Waals surface area contributed by atoms with Gasteiger partial charge >= 0.3 is 5.97 Å². The summed E-state index contributed by atoms with van der Waals surface area (Å²) in [6, 6.07) is 5.08.